The van der Waals surface area contributed by atoms with Gasteiger partial charge in [0.15, 0.2) is 5.82 Å². The molecule has 0 spiro atoms. The van der Waals surface area contributed by atoms with Crippen LogP contribution in [-0.2, 0) is 15.6 Å². The van der Waals surface area contributed by atoms with Crippen molar-refractivity contribution in [2.45, 2.75) is 29.7 Å². The van der Waals surface area contributed by atoms with Crippen LogP contribution < -0.4 is 5.73 Å². The Morgan fingerprint density at radius 3 is 2.61 bits per heavy atom. The molecule has 0 bridgehead atoms. The number of hydrogen-bond acceptors (Lipinski definition) is 6. The number of sulfonamides is 1. The molecule has 1 aliphatic carbocycles. The second kappa shape index (κ2) is 5.36. The van der Waals surface area contributed by atoms with Gasteiger partial charge in [-0.3, -0.25) is 0 Å². The molecule has 0 amide bonds. The highest BCUT2D eigenvalue weighted by Gasteiger charge is 2.39. The Balaban J connectivity index is 2.03. The second-order valence-corrected chi connectivity index (χ2v) is 8.01. The lowest BCUT2D eigenvalue weighted by molar-refractivity contribution is 0.229. The molecule has 124 valence electrons. The normalized spacial score (nSPS) is 17.3. The molecule has 3 rings (SSSR count). The van der Waals surface area contributed by atoms with Gasteiger partial charge in [-0.15, -0.1) is 0 Å². The average Bonchev–Trinajstić information content (AvgIpc) is 2.94. The Labute approximate surface area is 133 Å². The largest absolute Gasteiger partial charge is 0.334 e. The van der Waals surface area contributed by atoms with Crippen molar-refractivity contribution < 1.29 is 17.3 Å². The Kier molecular flexibility index (Phi) is 3.74. The number of aromatic nitrogens is 2. The highest BCUT2D eigenvalue weighted by atomic mass is 32.2. The summed E-state index contributed by atoms with van der Waals surface area (Å²) in [6.45, 7) is 0. The molecule has 1 saturated carbocycles. The zero-order valence-electron chi connectivity index (χ0n) is 12.8. The first-order valence-electron chi connectivity index (χ1n) is 7.09. The molecule has 2 aromatic rings. The van der Waals surface area contributed by atoms with E-state index in [-0.39, 0.29) is 16.3 Å². The van der Waals surface area contributed by atoms with Gasteiger partial charge in [-0.25, -0.2) is 17.1 Å². The van der Waals surface area contributed by atoms with E-state index >= 15 is 0 Å². The SMILES string of the molecule is CN(C)S(=O)(=O)c1ccc(F)c(-c2nc(C3(N)CCC3)no2)c1. The Morgan fingerprint density at radius 2 is 2.04 bits per heavy atom. The molecule has 23 heavy (non-hydrogen) atoms. The van der Waals surface area contributed by atoms with Crippen LogP contribution in [0, 0.1) is 5.82 Å². The number of halogens is 1. The zero-order chi connectivity index (χ0) is 16.8. The Bertz CT molecular complexity index is 843. The summed E-state index contributed by atoms with van der Waals surface area (Å²) in [4.78, 5) is 4.10. The summed E-state index contributed by atoms with van der Waals surface area (Å²) >= 11 is 0. The predicted molar refractivity (Wildman–Crippen MR) is 80.3 cm³/mol. The van der Waals surface area contributed by atoms with Crippen LogP contribution in [0.2, 0.25) is 0 Å². The minimum atomic E-state index is -3.69. The fourth-order valence-electron chi connectivity index (χ4n) is 2.36. The molecule has 1 fully saturated rings. The van der Waals surface area contributed by atoms with Crippen molar-refractivity contribution in [2.24, 2.45) is 5.73 Å². The summed E-state index contributed by atoms with van der Waals surface area (Å²) in [5.74, 6) is -0.401. The van der Waals surface area contributed by atoms with E-state index < -0.39 is 21.4 Å². The first kappa shape index (κ1) is 16.0. The maximum absolute atomic E-state index is 14.1. The number of benzene rings is 1. The molecule has 7 nitrogen and oxygen atoms in total. The molecule has 1 heterocycles. The third-order valence-electron chi connectivity index (χ3n) is 4.06. The first-order valence-corrected chi connectivity index (χ1v) is 8.53. The van der Waals surface area contributed by atoms with E-state index in [1.807, 2.05) is 0 Å². The minimum absolute atomic E-state index is 0.0512. The van der Waals surface area contributed by atoms with Crippen LogP contribution in [0.15, 0.2) is 27.6 Å². The lowest BCUT2D eigenvalue weighted by Crippen LogP contribution is -2.44. The molecular formula is C14H17FN4O3S. The molecule has 1 aromatic heterocycles. The van der Waals surface area contributed by atoms with Gasteiger partial charge in [0.1, 0.15) is 5.82 Å². The standard InChI is InChI=1S/C14H17FN4O3S/c1-19(2)23(20,21)9-4-5-11(15)10(8-9)12-17-13(18-22-12)14(16)6-3-7-14/h4-5,8H,3,6-7,16H2,1-2H3. The number of rotatable bonds is 4. The van der Waals surface area contributed by atoms with Gasteiger partial charge in [0, 0.05) is 14.1 Å². The summed E-state index contributed by atoms with van der Waals surface area (Å²) in [5, 5.41) is 3.82. The van der Waals surface area contributed by atoms with E-state index in [1.165, 1.54) is 26.2 Å². The second-order valence-electron chi connectivity index (χ2n) is 5.86. The van der Waals surface area contributed by atoms with Gasteiger partial charge in [-0.1, -0.05) is 5.16 Å². The molecule has 1 aromatic carbocycles. The summed E-state index contributed by atoms with van der Waals surface area (Å²) < 4.78 is 44.5. The molecule has 1 aliphatic rings. The van der Waals surface area contributed by atoms with Crippen LogP contribution in [0.25, 0.3) is 11.5 Å². The van der Waals surface area contributed by atoms with E-state index in [1.54, 1.807) is 0 Å². The Morgan fingerprint density at radius 1 is 1.35 bits per heavy atom. The van der Waals surface area contributed by atoms with Crippen LogP contribution in [-0.4, -0.2) is 37.0 Å². The van der Waals surface area contributed by atoms with Crippen LogP contribution in [0.3, 0.4) is 0 Å². The lowest BCUT2D eigenvalue weighted by atomic mass is 9.77. The topological polar surface area (TPSA) is 102 Å². The summed E-state index contributed by atoms with van der Waals surface area (Å²) in [6.07, 6.45) is 2.46. The molecule has 0 radical (unpaired) electrons. The van der Waals surface area contributed by atoms with E-state index in [0.29, 0.717) is 5.82 Å². The number of nitrogens with two attached hydrogens (primary N) is 1. The van der Waals surface area contributed by atoms with Gasteiger partial charge >= 0.3 is 0 Å². The van der Waals surface area contributed by atoms with Crippen LogP contribution in [0.4, 0.5) is 4.39 Å². The highest BCUT2D eigenvalue weighted by molar-refractivity contribution is 7.89. The number of hydrogen-bond donors (Lipinski definition) is 1. The number of nitrogens with zero attached hydrogens (tertiary/aromatic N) is 3. The van der Waals surface area contributed by atoms with Gasteiger partial charge < -0.3 is 10.3 Å². The van der Waals surface area contributed by atoms with Crippen molar-refractivity contribution >= 4 is 10.0 Å². The molecule has 2 N–H and O–H groups in total. The van der Waals surface area contributed by atoms with Gasteiger partial charge in [0.25, 0.3) is 5.89 Å². The van der Waals surface area contributed by atoms with Crippen molar-refractivity contribution in [1.82, 2.24) is 14.4 Å². The predicted octanol–water partition coefficient (Wildman–Crippen LogP) is 1.46. The van der Waals surface area contributed by atoms with Crippen molar-refractivity contribution in [3.63, 3.8) is 0 Å². The van der Waals surface area contributed by atoms with E-state index in [9.17, 15) is 12.8 Å². The molecule has 0 unspecified atom stereocenters. The average molecular weight is 340 g/mol. The monoisotopic (exact) mass is 340 g/mol. The quantitative estimate of drug-likeness (QED) is 0.904. The maximum atomic E-state index is 14.1. The third kappa shape index (κ3) is 2.64. The third-order valence-corrected chi connectivity index (χ3v) is 5.88. The van der Waals surface area contributed by atoms with Gasteiger partial charge in [-0.2, -0.15) is 4.98 Å². The van der Waals surface area contributed by atoms with E-state index in [4.69, 9.17) is 10.3 Å². The minimum Gasteiger partial charge on any atom is -0.334 e. The van der Waals surface area contributed by atoms with Crippen LogP contribution >= 0.6 is 0 Å². The van der Waals surface area contributed by atoms with Crippen molar-refractivity contribution in [3.05, 3.63) is 29.8 Å². The van der Waals surface area contributed by atoms with Gasteiger partial charge in [0.2, 0.25) is 10.0 Å². The van der Waals surface area contributed by atoms with Crippen molar-refractivity contribution in [3.8, 4) is 11.5 Å². The fraction of sp³-hybridized carbons (Fsp3) is 0.429. The van der Waals surface area contributed by atoms with Gasteiger partial charge in [-0.05, 0) is 37.5 Å². The van der Waals surface area contributed by atoms with Crippen LogP contribution in [0.5, 0.6) is 0 Å². The molecule has 0 aliphatic heterocycles. The smallest absolute Gasteiger partial charge is 0.261 e. The summed E-state index contributed by atoms with van der Waals surface area (Å²) in [7, 11) is -0.886. The van der Waals surface area contributed by atoms with Gasteiger partial charge in [0.05, 0.1) is 16.0 Å². The molecule has 9 heteroatoms. The highest BCUT2D eigenvalue weighted by Crippen LogP contribution is 2.38. The first-order chi connectivity index (χ1) is 10.7. The van der Waals surface area contributed by atoms with Crippen LogP contribution in [0.1, 0.15) is 25.1 Å². The fourth-order valence-corrected chi connectivity index (χ4v) is 3.28. The maximum Gasteiger partial charge on any atom is 0.261 e. The summed E-state index contributed by atoms with van der Waals surface area (Å²) in [5.41, 5.74) is 5.42. The van der Waals surface area contributed by atoms with Crippen molar-refractivity contribution in [2.75, 3.05) is 14.1 Å². The van der Waals surface area contributed by atoms with Crippen molar-refractivity contribution in [1.29, 1.82) is 0 Å². The summed E-state index contributed by atoms with van der Waals surface area (Å²) in [6, 6.07) is 3.45. The Hall–Kier alpha value is -1.84. The lowest BCUT2D eigenvalue weighted by Gasteiger charge is -2.34. The van der Waals surface area contributed by atoms with E-state index in [2.05, 4.69) is 10.1 Å². The molecule has 0 atom stereocenters. The van der Waals surface area contributed by atoms with E-state index in [0.717, 1.165) is 29.6 Å². The molecule has 0 saturated heterocycles. The zero-order valence-corrected chi connectivity index (χ0v) is 13.6. The molecular weight excluding hydrogens is 323 g/mol.